The van der Waals surface area contributed by atoms with Gasteiger partial charge in [0.2, 0.25) is 11.8 Å². The number of benzene rings is 1. The van der Waals surface area contributed by atoms with Crippen molar-refractivity contribution in [1.82, 2.24) is 15.5 Å². The first-order chi connectivity index (χ1) is 18.6. The number of amides is 3. The van der Waals surface area contributed by atoms with Crippen molar-refractivity contribution < 1.29 is 33.8 Å². The Morgan fingerprint density at radius 3 is 2.46 bits per heavy atom. The molecule has 4 rings (SSSR count). The number of alkyl carbamates (subject to hydrolysis) is 1. The Bertz CT molecular complexity index is 1120. The normalized spacial score (nSPS) is 26.9. The van der Waals surface area contributed by atoms with Gasteiger partial charge in [0.25, 0.3) is 0 Å². The predicted octanol–water partition coefficient (Wildman–Crippen LogP) is 2.93. The molecule has 2 saturated carbocycles. The summed E-state index contributed by atoms with van der Waals surface area (Å²) in [6, 6.07) is 7.41. The highest BCUT2D eigenvalue weighted by Crippen LogP contribution is 2.45. The van der Waals surface area contributed by atoms with Crippen LogP contribution in [0, 0.1) is 5.92 Å². The molecule has 1 heterocycles. The van der Waals surface area contributed by atoms with Crippen LogP contribution in [0.15, 0.2) is 55.1 Å². The van der Waals surface area contributed by atoms with Crippen LogP contribution in [0.25, 0.3) is 0 Å². The standard InChI is InChI=1S/C29H37N3O7/c1-4-20-15-29(20,27(35)36)31-25(33)23-14-22(38-17-19-10-6-5-7-11-19)16-32(23)26(34)24(18(2)3)30-28(37)39-21-12-8-9-13-21/h4-7,10-11,20-24H,1-2,8-9,12-17H2,3H3,(H,30,37)(H,31,33)(H,35,36)/t20?,22-,23+,24+,29-/m1/s1. The minimum Gasteiger partial charge on any atom is -0.479 e. The summed E-state index contributed by atoms with van der Waals surface area (Å²) in [4.78, 5) is 53.1. The van der Waals surface area contributed by atoms with Crippen molar-refractivity contribution in [2.45, 2.75) is 81.9 Å². The fourth-order valence-corrected chi connectivity index (χ4v) is 5.39. The van der Waals surface area contributed by atoms with Crippen molar-refractivity contribution in [2.75, 3.05) is 6.54 Å². The van der Waals surface area contributed by atoms with Crippen molar-refractivity contribution in [3.8, 4) is 0 Å². The van der Waals surface area contributed by atoms with Gasteiger partial charge in [0.1, 0.15) is 23.7 Å². The predicted molar refractivity (Wildman–Crippen MR) is 142 cm³/mol. The fraction of sp³-hybridized carbons (Fsp3) is 0.517. The number of hydrogen-bond acceptors (Lipinski definition) is 6. The van der Waals surface area contributed by atoms with E-state index < -0.39 is 53.5 Å². The van der Waals surface area contributed by atoms with E-state index in [4.69, 9.17) is 9.47 Å². The zero-order chi connectivity index (χ0) is 28.2. The van der Waals surface area contributed by atoms with Crippen molar-refractivity contribution in [3.05, 3.63) is 60.7 Å². The molecule has 1 saturated heterocycles. The van der Waals surface area contributed by atoms with Gasteiger partial charge in [0, 0.05) is 18.9 Å². The Morgan fingerprint density at radius 1 is 1.18 bits per heavy atom. The van der Waals surface area contributed by atoms with Gasteiger partial charge in [0.05, 0.1) is 12.7 Å². The van der Waals surface area contributed by atoms with Crippen molar-refractivity contribution in [1.29, 1.82) is 0 Å². The maximum atomic E-state index is 13.8. The summed E-state index contributed by atoms with van der Waals surface area (Å²) < 4.78 is 11.5. The molecule has 10 nitrogen and oxygen atoms in total. The average molecular weight is 540 g/mol. The van der Waals surface area contributed by atoms with Gasteiger partial charge in [-0.25, -0.2) is 9.59 Å². The smallest absolute Gasteiger partial charge is 0.408 e. The van der Waals surface area contributed by atoms with Gasteiger partial charge in [0.15, 0.2) is 0 Å². The summed E-state index contributed by atoms with van der Waals surface area (Å²) in [5, 5.41) is 15.0. The summed E-state index contributed by atoms with van der Waals surface area (Å²) in [6.07, 6.45) is 4.08. The van der Waals surface area contributed by atoms with Crippen molar-refractivity contribution in [3.63, 3.8) is 0 Å². The lowest BCUT2D eigenvalue weighted by Gasteiger charge is -2.29. The van der Waals surface area contributed by atoms with Gasteiger partial charge >= 0.3 is 12.1 Å². The number of aliphatic carboxylic acids is 1. The quantitative estimate of drug-likeness (QED) is 0.368. The van der Waals surface area contributed by atoms with Gasteiger partial charge in [-0.2, -0.15) is 0 Å². The molecule has 5 atom stereocenters. The zero-order valence-electron chi connectivity index (χ0n) is 22.3. The molecular weight excluding hydrogens is 502 g/mol. The number of ether oxygens (including phenoxy) is 2. The maximum Gasteiger partial charge on any atom is 0.408 e. The van der Waals surface area contributed by atoms with Gasteiger partial charge in [-0.3, -0.25) is 9.59 Å². The molecule has 0 radical (unpaired) electrons. The summed E-state index contributed by atoms with van der Waals surface area (Å²) in [6.45, 7) is 9.53. The maximum absolute atomic E-state index is 13.8. The first-order valence-corrected chi connectivity index (χ1v) is 13.4. The second-order valence-corrected chi connectivity index (χ2v) is 10.7. The van der Waals surface area contributed by atoms with E-state index in [9.17, 15) is 24.3 Å². The average Bonchev–Trinajstić information content (AvgIpc) is 3.20. The van der Waals surface area contributed by atoms with Crippen LogP contribution in [0.5, 0.6) is 0 Å². The number of carbonyl (C=O) groups excluding carboxylic acids is 3. The number of carboxylic acid groups (broad SMARTS) is 1. The van der Waals surface area contributed by atoms with Gasteiger partial charge in [-0.05, 0) is 50.2 Å². The number of carbonyl (C=O) groups is 4. The van der Waals surface area contributed by atoms with Crippen LogP contribution in [0.2, 0.25) is 0 Å². The summed E-state index contributed by atoms with van der Waals surface area (Å²) >= 11 is 0. The Hall–Kier alpha value is -3.66. The second-order valence-electron chi connectivity index (χ2n) is 10.7. The van der Waals surface area contributed by atoms with E-state index in [2.05, 4.69) is 23.8 Å². The minimum atomic E-state index is -1.44. The lowest BCUT2D eigenvalue weighted by atomic mass is 10.1. The SMILES string of the molecule is C=CC1C[C@]1(NC(=O)[C@@H]1C[C@@H](OCc2ccccc2)CN1C(=O)[C@@H](NC(=O)OC1CCCC1)C(=C)C)C(=O)O. The number of carboxylic acids is 1. The highest BCUT2D eigenvalue weighted by Gasteiger charge is 2.61. The minimum absolute atomic E-state index is 0.0951. The third-order valence-electron chi connectivity index (χ3n) is 7.78. The first kappa shape index (κ1) is 28.4. The molecule has 3 amide bonds. The molecule has 3 aliphatic rings. The van der Waals surface area contributed by atoms with E-state index in [1.807, 2.05) is 30.3 Å². The highest BCUT2D eigenvalue weighted by atomic mass is 16.6. The van der Waals surface area contributed by atoms with Gasteiger partial charge in [-0.15, -0.1) is 6.58 Å². The molecule has 1 aromatic carbocycles. The summed E-state index contributed by atoms with van der Waals surface area (Å²) in [7, 11) is 0. The molecule has 210 valence electrons. The Labute approximate surface area is 228 Å². The van der Waals surface area contributed by atoms with Crippen LogP contribution in [0.1, 0.15) is 51.0 Å². The van der Waals surface area contributed by atoms with E-state index in [0.29, 0.717) is 5.57 Å². The molecule has 2 aliphatic carbocycles. The molecule has 3 N–H and O–H groups in total. The van der Waals surface area contributed by atoms with Crippen LogP contribution >= 0.6 is 0 Å². The lowest BCUT2D eigenvalue weighted by Crippen LogP contribution is -2.56. The van der Waals surface area contributed by atoms with E-state index >= 15 is 0 Å². The highest BCUT2D eigenvalue weighted by molar-refractivity contribution is 5.96. The van der Waals surface area contributed by atoms with Crippen LogP contribution in [0.4, 0.5) is 4.79 Å². The topological polar surface area (TPSA) is 134 Å². The molecule has 10 heteroatoms. The second kappa shape index (κ2) is 12.0. The van der Waals surface area contributed by atoms with E-state index in [1.165, 1.54) is 11.0 Å². The Kier molecular flexibility index (Phi) is 8.74. The van der Waals surface area contributed by atoms with Crippen LogP contribution in [0.3, 0.4) is 0 Å². The molecule has 3 fully saturated rings. The van der Waals surface area contributed by atoms with Crippen LogP contribution < -0.4 is 10.6 Å². The van der Waals surface area contributed by atoms with Crippen LogP contribution in [-0.2, 0) is 30.5 Å². The molecule has 0 aromatic heterocycles. The molecule has 39 heavy (non-hydrogen) atoms. The first-order valence-electron chi connectivity index (χ1n) is 13.4. The number of hydrogen-bond donors (Lipinski definition) is 3. The Balaban J connectivity index is 1.49. The van der Waals surface area contributed by atoms with Crippen molar-refractivity contribution in [2.24, 2.45) is 5.92 Å². The number of likely N-dealkylation sites (tertiary alicyclic amines) is 1. The van der Waals surface area contributed by atoms with Crippen molar-refractivity contribution >= 4 is 23.9 Å². The summed E-state index contributed by atoms with van der Waals surface area (Å²) in [5.41, 5.74) is -0.115. The van der Waals surface area contributed by atoms with Gasteiger partial charge in [-0.1, -0.05) is 43.0 Å². The number of nitrogens with zero attached hydrogens (tertiary/aromatic N) is 1. The molecular formula is C29H37N3O7. The Morgan fingerprint density at radius 2 is 1.87 bits per heavy atom. The van der Waals surface area contributed by atoms with E-state index in [1.54, 1.807) is 6.92 Å². The zero-order valence-corrected chi connectivity index (χ0v) is 22.3. The number of rotatable bonds is 11. The number of nitrogens with one attached hydrogen (secondary N) is 2. The molecule has 0 bridgehead atoms. The lowest BCUT2D eigenvalue weighted by molar-refractivity contribution is -0.145. The monoisotopic (exact) mass is 539 g/mol. The van der Waals surface area contributed by atoms with E-state index in [-0.39, 0.29) is 32.1 Å². The molecule has 1 aromatic rings. The fourth-order valence-electron chi connectivity index (χ4n) is 5.39. The summed E-state index contributed by atoms with van der Waals surface area (Å²) in [5.74, 6) is -2.67. The van der Waals surface area contributed by atoms with E-state index in [0.717, 1.165) is 31.2 Å². The third kappa shape index (κ3) is 6.50. The molecule has 1 aliphatic heterocycles. The molecule has 1 unspecified atom stereocenters. The van der Waals surface area contributed by atoms with Crippen LogP contribution in [-0.4, -0.2) is 70.3 Å². The molecule has 0 spiro atoms. The third-order valence-corrected chi connectivity index (χ3v) is 7.78. The van der Waals surface area contributed by atoms with Gasteiger partial charge < -0.3 is 30.1 Å². The largest absolute Gasteiger partial charge is 0.479 e.